The normalized spacial score (nSPS) is 22.1. The molecule has 1 amide bonds. The van der Waals surface area contributed by atoms with Gasteiger partial charge >= 0.3 is 0 Å². The maximum atomic E-state index is 12.6. The van der Waals surface area contributed by atoms with Crippen LogP contribution in [0.25, 0.3) is 0 Å². The predicted octanol–water partition coefficient (Wildman–Crippen LogP) is 1.58. The average molecular weight is 265 g/mol. The minimum atomic E-state index is -0.370. The van der Waals surface area contributed by atoms with E-state index in [-0.39, 0.29) is 18.1 Å². The van der Waals surface area contributed by atoms with Crippen LogP contribution in [0.2, 0.25) is 0 Å². The molecule has 19 heavy (non-hydrogen) atoms. The van der Waals surface area contributed by atoms with Gasteiger partial charge in [0.2, 0.25) is 0 Å². The molecule has 0 radical (unpaired) electrons. The Kier molecular flexibility index (Phi) is 4.58. The first kappa shape index (κ1) is 14.1. The van der Waals surface area contributed by atoms with E-state index in [2.05, 4.69) is 5.10 Å². The highest BCUT2D eigenvalue weighted by molar-refractivity contribution is 5.92. The maximum Gasteiger partial charge on any atom is 0.272 e. The molecule has 1 aliphatic rings. The number of rotatable bonds is 3. The summed E-state index contributed by atoms with van der Waals surface area (Å²) in [5.74, 6) is 0.0348. The van der Waals surface area contributed by atoms with Gasteiger partial charge in [0, 0.05) is 25.8 Å². The summed E-state index contributed by atoms with van der Waals surface area (Å²) in [4.78, 5) is 14.5. The molecule has 1 fully saturated rings. The molecule has 2 atom stereocenters. The molecular weight excluding hydrogens is 242 g/mol. The third kappa shape index (κ3) is 3.35. The van der Waals surface area contributed by atoms with E-state index in [1.165, 1.54) is 0 Å². The molecular formula is C14H23N3O2. The quantitative estimate of drug-likeness (QED) is 0.902. The summed E-state index contributed by atoms with van der Waals surface area (Å²) in [6.45, 7) is 2.57. The van der Waals surface area contributed by atoms with E-state index in [4.69, 9.17) is 0 Å². The number of hydrogen-bond donors (Lipinski definition) is 1. The molecule has 2 heterocycles. The number of carbonyl (C=O) groups excluding carboxylic acids is 1. The number of nitrogens with zero attached hydrogens (tertiary/aromatic N) is 3. The molecule has 0 aromatic carbocycles. The molecule has 106 valence electrons. The topological polar surface area (TPSA) is 58.4 Å². The number of aliphatic hydroxyl groups is 1. The highest BCUT2D eigenvalue weighted by Crippen LogP contribution is 2.22. The second-order valence-electron chi connectivity index (χ2n) is 5.43. The van der Waals surface area contributed by atoms with Crippen molar-refractivity contribution in [1.82, 2.24) is 14.7 Å². The fraction of sp³-hybridized carbons (Fsp3) is 0.714. The Bertz CT molecular complexity index is 428. The monoisotopic (exact) mass is 265 g/mol. The van der Waals surface area contributed by atoms with Crippen molar-refractivity contribution >= 4 is 5.91 Å². The Morgan fingerprint density at radius 3 is 2.95 bits per heavy atom. The van der Waals surface area contributed by atoms with Crippen molar-refractivity contribution < 1.29 is 9.90 Å². The van der Waals surface area contributed by atoms with Crippen LogP contribution in [-0.4, -0.2) is 44.4 Å². The Morgan fingerprint density at radius 2 is 2.32 bits per heavy atom. The van der Waals surface area contributed by atoms with Gasteiger partial charge in [0.25, 0.3) is 5.91 Å². The van der Waals surface area contributed by atoms with Crippen LogP contribution >= 0.6 is 0 Å². The lowest BCUT2D eigenvalue weighted by molar-refractivity contribution is 0.0596. The number of aliphatic hydroxyl groups excluding tert-OH is 1. The third-order valence-corrected chi connectivity index (χ3v) is 3.79. The zero-order chi connectivity index (χ0) is 13.8. The van der Waals surface area contributed by atoms with E-state index in [0.29, 0.717) is 12.1 Å². The molecule has 1 saturated heterocycles. The molecule has 1 aliphatic heterocycles. The van der Waals surface area contributed by atoms with E-state index < -0.39 is 0 Å². The molecule has 1 N–H and O–H groups in total. The second kappa shape index (κ2) is 6.19. The predicted molar refractivity (Wildman–Crippen MR) is 72.8 cm³/mol. The molecule has 0 bridgehead atoms. The highest BCUT2D eigenvalue weighted by Gasteiger charge is 2.28. The van der Waals surface area contributed by atoms with Gasteiger partial charge in [-0.15, -0.1) is 0 Å². The minimum absolute atomic E-state index is 0.0348. The number of hydrogen-bond acceptors (Lipinski definition) is 3. The van der Waals surface area contributed by atoms with Gasteiger partial charge in [-0.3, -0.25) is 9.48 Å². The van der Waals surface area contributed by atoms with Gasteiger partial charge in [0.1, 0.15) is 5.69 Å². The average Bonchev–Trinajstić information content (AvgIpc) is 2.64. The summed E-state index contributed by atoms with van der Waals surface area (Å²) in [5.41, 5.74) is 0.623. The summed E-state index contributed by atoms with van der Waals surface area (Å²) in [6.07, 6.45) is 6.25. The SMILES string of the molecule is CC(O)CC1CCCCCN1C(=O)c1ccnn1C. The summed E-state index contributed by atoms with van der Waals surface area (Å²) < 4.78 is 1.62. The lowest BCUT2D eigenvalue weighted by atomic mass is 10.0. The largest absolute Gasteiger partial charge is 0.393 e. The van der Waals surface area contributed by atoms with Crippen molar-refractivity contribution in [2.45, 2.75) is 51.2 Å². The van der Waals surface area contributed by atoms with Crippen LogP contribution in [0.1, 0.15) is 49.5 Å². The van der Waals surface area contributed by atoms with Crippen molar-refractivity contribution in [3.8, 4) is 0 Å². The molecule has 2 rings (SSSR count). The molecule has 0 spiro atoms. The zero-order valence-electron chi connectivity index (χ0n) is 11.7. The first-order valence-electron chi connectivity index (χ1n) is 7.06. The van der Waals surface area contributed by atoms with Crippen molar-refractivity contribution in [2.75, 3.05) is 6.54 Å². The van der Waals surface area contributed by atoms with Crippen molar-refractivity contribution in [2.24, 2.45) is 7.05 Å². The lowest BCUT2D eigenvalue weighted by Gasteiger charge is -2.31. The van der Waals surface area contributed by atoms with E-state index >= 15 is 0 Å². The zero-order valence-corrected chi connectivity index (χ0v) is 11.7. The smallest absolute Gasteiger partial charge is 0.272 e. The van der Waals surface area contributed by atoms with Crippen LogP contribution < -0.4 is 0 Å². The van der Waals surface area contributed by atoms with Crippen molar-refractivity contribution in [3.63, 3.8) is 0 Å². The number of carbonyl (C=O) groups is 1. The Morgan fingerprint density at radius 1 is 1.53 bits per heavy atom. The van der Waals surface area contributed by atoms with Gasteiger partial charge in [-0.05, 0) is 32.3 Å². The first-order valence-corrected chi connectivity index (χ1v) is 7.06. The molecule has 0 aliphatic carbocycles. The van der Waals surface area contributed by atoms with Gasteiger partial charge in [-0.2, -0.15) is 5.10 Å². The second-order valence-corrected chi connectivity index (χ2v) is 5.43. The van der Waals surface area contributed by atoms with Crippen LogP contribution in [0.5, 0.6) is 0 Å². The van der Waals surface area contributed by atoms with Crippen LogP contribution in [0, 0.1) is 0 Å². The standard InChI is InChI=1S/C14H23N3O2/c1-11(18)10-12-6-4-3-5-9-17(12)14(19)13-7-8-15-16(13)2/h7-8,11-12,18H,3-6,9-10H2,1-2H3. The van der Waals surface area contributed by atoms with Crippen LogP contribution in [-0.2, 0) is 7.05 Å². The van der Waals surface area contributed by atoms with Crippen LogP contribution in [0.3, 0.4) is 0 Å². The van der Waals surface area contributed by atoms with Gasteiger partial charge < -0.3 is 10.0 Å². The summed E-state index contributed by atoms with van der Waals surface area (Å²) in [7, 11) is 1.79. The Balaban J connectivity index is 2.17. The van der Waals surface area contributed by atoms with Crippen molar-refractivity contribution in [1.29, 1.82) is 0 Å². The van der Waals surface area contributed by atoms with E-state index in [9.17, 15) is 9.90 Å². The molecule has 1 aromatic rings. The molecule has 0 saturated carbocycles. The summed E-state index contributed by atoms with van der Waals surface area (Å²) >= 11 is 0. The van der Waals surface area contributed by atoms with E-state index in [0.717, 1.165) is 32.2 Å². The van der Waals surface area contributed by atoms with E-state index in [1.54, 1.807) is 30.9 Å². The maximum absolute atomic E-state index is 12.6. The third-order valence-electron chi connectivity index (χ3n) is 3.79. The fourth-order valence-electron chi connectivity index (χ4n) is 2.81. The van der Waals surface area contributed by atoms with Gasteiger partial charge in [-0.25, -0.2) is 0 Å². The van der Waals surface area contributed by atoms with Crippen LogP contribution in [0.15, 0.2) is 12.3 Å². The molecule has 5 nitrogen and oxygen atoms in total. The first-order chi connectivity index (χ1) is 9.09. The Labute approximate surface area is 114 Å². The molecule has 5 heteroatoms. The number of amides is 1. The molecule has 2 unspecified atom stereocenters. The minimum Gasteiger partial charge on any atom is -0.393 e. The lowest BCUT2D eigenvalue weighted by Crippen LogP contribution is -2.42. The summed E-state index contributed by atoms with van der Waals surface area (Å²) in [5, 5.41) is 13.7. The highest BCUT2D eigenvalue weighted by atomic mass is 16.3. The van der Waals surface area contributed by atoms with Gasteiger partial charge in [0.15, 0.2) is 0 Å². The number of aromatic nitrogens is 2. The van der Waals surface area contributed by atoms with Crippen molar-refractivity contribution in [3.05, 3.63) is 18.0 Å². The summed E-state index contributed by atoms with van der Waals surface area (Å²) in [6, 6.07) is 1.90. The van der Waals surface area contributed by atoms with Crippen LogP contribution in [0.4, 0.5) is 0 Å². The number of likely N-dealkylation sites (tertiary alicyclic amines) is 1. The van der Waals surface area contributed by atoms with E-state index in [1.807, 2.05) is 4.90 Å². The fourth-order valence-corrected chi connectivity index (χ4v) is 2.81. The Hall–Kier alpha value is -1.36. The molecule has 1 aromatic heterocycles. The van der Waals surface area contributed by atoms with Gasteiger partial charge in [0.05, 0.1) is 6.10 Å². The number of aryl methyl sites for hydroxylation is 1. The van der Waals surface area contributed by atoms with Gasteiger partial charge in [-0.1, -0.05) is 12.8 Å².